The fraction of sp³-hybridized carbons (Fsp3) is 0.541. The highest BCUT2D eigenvalue weighted by atomic mass is 32.2. The van der Waals surface area contributed by atoms with Gasteiger partial charge in [0.1, 0.15) is 35.6 Å². The highest BCUT2D eigenvalue weighted by Gasteiger charge is 2.47. The maximum atomic E-state index is 14.5. The van der Waals surface area contributed by atoms with Crippen LogP contribution in [0.2, 0.25) is 0 Å². The molecule has 3 heterocycles. The predicted octanol–water partition coefficient (Wildman–Crippen LogP) is 0.491. The number of likely N-dealkylation sites (tertiary alicyclic amines) is 1. The fourth-order valence-corrected chi connectivity index (χ4v) is 7.84. The Morgan fingerprint density at radius 2 is 1.82 bits per heavy atom. The number of rotatable bonds is 13. The third-order valence-electron chi connectivity index (χ3n) is 9.54. The molecule has 6 unspecified atom stereocenters. The zero-order valence-electron chi connectivity index (χ0n) is 31.6. The molecule has 0 bridgehead atoms. The fourth-order valence-electron chi connectivity index (χ4n) is 6.51. The van der Waals surface area contributed by atoms with Crippen LogP contribution in [-0.4, -0.2) is 114 Å². The zero-order chi connectivity index (χ0) is 41.8. The molecule has 1 saturated carbocycles. The number of ether oxygens (including phenoxy) is 3. The van der Waals surface area contributed by atoms with Crippen LogP contribution in [0.1, 0.15) is 64.0 Å². The lowest BCUT2D eigenvalue weighted by Crippen LogP contribution is -2.59. The Labute approximate surface area is 328 Å². The lowest BCUT2D eigenvalue weighted by atomic mass is 9.99. The maximum absolute atomic E-state index is 14.5. The number of carbonyl (C=O) groups excluding carboxylic acids is 7. The summed E-state index contributed by atoms with van der Waals surface area (Å²) in [6.45, 7) is 7.21. The molecule has 6 amide bonds. The predicted molar refractivity (Wildman–Crippen MR) is 196 cm³/mol. The number of amides is 6. The van der Waals surface area contributed by atoms with Gasteiger partial charge in [-0.05, 0) is 45.2 Å². The number of halogens is 1. The summed E-state index contributed by atoms with van der Waals surface area (Å²) in [7, 11) is -4.09. The molecule has 3 aliphatic heterocycles. The van der Waals surface area contributed by atoms with Crippen molar-refractivity contribution in [3.05, 3.63) is 47.8 Å². The average molecular weight is 817 g/mol. The van der Waals surface area contributed by atoms with E-state index in [2.05, 4.69) is 28.4 Å². The Morgan fingerprint density at radius 1 is 1.11 bits per heavy atom. The van der Waals surface area contributed by atoms with Crippen molar-refractivity contribution in [2.45, 2.75) is 107 Å². The van der Waals surface area contributed by atoms with Crippen LogP contribution in [0.3, 0.4) is 0 Å². The second kappa shape index (κ2) is 17.2. The first-order valence-electron chi connectivity index (χ1n) is 18.2. The van der Waals surface area contributed by atoms with Crippen LogP contribution in [0.25, 0.3) is 0 Å². The van der Waals surface area contributed by atoms with Crippen molar-refractivity contribution in [3.8, 4) is 12.3 Å². The first kappa shape index (κ1) is 42.4. The number of nitrogens with one attached hydrogen (secondary N) is 4. The van der Waals surface area contributed by atoms with Crippen molar-refractivity contribution < 1.29 is 60.6 Å². The normalized spacial score (nSPS) is 21.8. The second-order valence-corrected chi connectivity index (χ2v) is 17.0. The number of esters is 1. The van der Waals surface area contributed by atoms with Gasteiger partial charge in [-0.15, -0.1) is 13.0 Å². The first-order valence-corrected chi connectivity index (χ1v) is 19.8. The van der Waals surface area contributed by atoms with E-state index in [0.29, 0.717) is 24.0 Å². The molecule has 4 N–H and O–H groups in total. The highest BCUT2D eigenvalue weighted by Crippen LogP contribution is 2.29. The van der Waals surface area contributed by atoms with E-state index in [4.69, 9.17) is 20.6 Å². The van der Waals surface area contributed by atoms with Crippen molar-refractivity contribution in [2.24, 2.45) is 5.92 Å². The van der Waals surface area contributed by atoms with Gasteiger partial charge in [-0.1, -0.05) is 24.1 Å². The molecule has 18 nitrogen and oxygen atoms in total. The number of terminal acetylenes is 1. The van der Waals surface area contributed by atoms with Gasteiger partial charge < -0.3 is 35.1 Å². The van der Waals surface area contributed by atoms with Crippen molar-refractivity contribution in [1.29, 1.82) is 0 Å². The summed E-state index contributed by atoms with van der Waals surface area (Å²) in [6.07, 6.45) is 2.89. The van der Waals surface area contributed by atoms with E-state index in [1.165, 1.54) is 17.0 Å². The van der Waals surface area contributed by atoms with Gasteiger partial charge in [0, 0.05) is 37.9 Å². The Hall–Kier alpha value is -5.71. The second-order valence-electron chi connectivity index (χ2n) is 15.1. The molecule has 0 aromatic heterocycles. The quantitative estimate of drug-likeness (QED) is 0.0922. The first-order chi connectivity index (χ1) is 26.8. The maximum Gasteiger partial charge on any atom is 0.410 e. The molecule has 308 valence electrons. The molecular weight excluding hydrogens is 772 g/mol. The number of benzene rings is 1. The summed E-state index contributed by atoms with van der Waals surface area (Å²) < 4.78 is 57.7. The van der Waals surface area contributed by atoms with Crippen LogP contribution >= 0.6 is 0 Å². The number of sulfonamides is 1. The lowest BCUT2D eigenvalue weighted by molar-refractivity contribution is -0.148. The molecular formula is C37H45FN6O12S. The van der Waals surface area contributed by atoms with Gasteiger partial charge in [-0.25, -0.2) is 22.4 Å². The van der Waals surface area contributed by atoms with E-state index >= 15 is 0 Å². The molecule has 20 heteroatoms. The van der Waals surface area contributed by atoms with E-state index in [-0.39, 0.29) is 32.4 Å². The molecule has 2 saturated heterocycles. The minimum absolute atomic E-state index is 0.00233. The standard InChI is InChI=1S/C37H45FN6O12S/c1-6-20(7-2)30(33(48)42-57(52,53)23-11-12-23)41-31(46)27-15-22(54-36(51)43-17-21-9-8-10-25(38)24(21)19-43)18-44(27)34(49)26(40-35(50)56-37(3,4)5)16-39-32(47)28-13-14-29(45)55-28/h1,7-10,20,22-23,26-28,30H,2,11-19H2,3-5H3,(H,39,47)(H,40,50)(H,41,46)(H,42,48). The number of nitrogens with zero attached hydrogens (tertiary/aromatic N) is 2. The average Bonchev–Trinajstić information content (AvgIpc) is 3.55. The van der Waals surface area contributed by atoms with Crippen LogP contribution in [-0.2, 0) is 61.3 Å². The monoisotopic (exact) mass is 816 g/mol. The van der Waals surface area contributed by atoms with Gasteiger partial charge in [0.05, 0.1) is 24.3 Å². The van der Waals surface area contributed by atoms with E-state index in [1.807, 2.05) is 4.72 Å². The summed E-state index contributed by atoms with van der Waals surface area (Å²) in [5, 5.41) is 6.50. The number of alkyl carbamates (subject to hydrolysis) is 1. The summed E-state index contributed by atoms with van der Waals surface area (Å²) in [4.78, 5) is 94.9. The number of hydrogen-bond donors (Lipinski definition) is 4. The van der Waals surface area contributed by atoms with E-state index in [0.717, 1.165) is 11.0 Å². The van der Waals surface area contributed by atoms with Gasteiger partial charge in [-0.3, -0.25) is 33.6 Å². The van der Waals surface area contributed by atoms with Gasteiger partial charge in [-0.2, -0.15) is 0 Å². The van der Waals surface area contributed by atoms with Crippen LogP contribution in [0.4, 0.5) is 14.0 Å². The van der Waals surface area contributed by atoms with Crippen LogP contribution in [0, 0.1) is 24.1 Å². The molecule has 1 aromatic carbocycles. The summed E-state index contributed by atoms with van der Waals surface area (Å²) >= 11 is 0. The van der Waals surface area contributed by atoms with Crippen molar-refractivity contribution in [1.82, 2.24) is 30.5 Å². The van der Waals surface area contributed by atoms with Crippen molar-refractivity contribution in [3.63, 3.8) is 0 Å². The largest absolute Gasteiger partial charge is 0.452 e. The van der Waals surface area contributed by atoms with Crippen LogP contribution in [0.15, 0.2) is 30.9 Å². The van der Waals surface area contributed by atoms with E-state index in [1.54, 1.807) is 26.8 Å². The number of fused-ring (bicyclic) bond motifs is 1. The Morgan fingerprint density at radius 3 is 2.42 bits per heavy atom. The summed E-state index contributed by atoms with van der Waals surface area (Å²) in [5.41, 5.74) is -0.150. The molecule has 3 fully saturated rings. The molecule has 1 aliphatic carbocycles. The molecule has 1 aromatic rings. The van der Waals surface area contributed by atoms with E-state index in [9.17, 15) is 46.4 Å². The van der Waals surface area contributed by atoms with Gasteiger partial charge in [0.25, 0.3) is 11.8 Å². The van der Waals surface area contributed by atoms with Crippen LogP contribution < -0.4 is 20.7 Å². The van der Waals surface area contributed by atoms with Crippen LogP contribution in [0.5, 0.6) is 0 Å². The number of carbonyl (C=O) groups is 7. The van der Waals surface area contributed by atoms with Crippen molar-refractivity contribution in [2.75, 3.05) is 13.1 Å². The number of hydrogen-bond acceptors (Lipinski definition) is 12. The van der Waals surface area contributed by atoms with Gasteiger partial charge in [0.15, 0.2) is 6.10 Å². The number of cyclic esters (lactones) is 1. The molecule has 4 aliphatic rings. The van der Waals surface area contributed by atoms with Gasteiger partial charge in [0.2, 0.25) is 21.8 Å². The van der Waals surface area contributed by atoms with Gasteiger partial charge >= 0.3 is 18.2 Å². The zero-order valence-corrected chi connectivity index (χ0v) is 32.4. The SMILES string of the molecule is C#CC(C=C)C(NC(=O)C1CC(OC(=O)N2Cc3cccc(F)c3C2)CN1C(=O)C(CNC(=O)C1CCC(=O)O1)NC(=O)OC(C)(C)C)C(=O)NS(=O)(=O)C1CC1. The molecule has 0 radical (unpaired) electrons. The molecule has 6 atom stereocenters. The minimum Gasteiger partial charge on any atom is -0.452 e. The molecule has 57 heavy (non-hydrogen) atoms. The third-order valence-corrected chi connectivity index (χ3v) is 11.4. The summed E-state index contributed by atoms with van der Waals surface area (Å²) in [6, 6.07) is -0.414. The summed E-state index contributed by atoms with van der Waals surface area (Å²) in [5.74, 6) is -3.93. The van der Waals surface area contributed by atoms with Crippen molar-refractivity contribution >= 4 is 51.8 Å². The van der Waals surface area contributed by atoms with E-state index < -0.39 is 118 Å². The Balaban J connectivity index is 1.40. The Kier molecular flexibility index (Phi) is 12.8. The lowest BCUT2D eigenvalue weighted by Gasteiger charge is -2.30. The minimum atomic E-state index is -4.09. The highest BCUT2D eigenvalue weighted by molar-refractivity contribution is 7.90. The molecule has 0 spiro atoms. The topological polar surface area (TPSA) is 236 Å². The third kappa shape index (κ3) is 10.6. The Bertz CT molecular complexity index is 1980. The molecule has 5 rings (SSSR count). The smallest absolute Gasteiger partial charge is 0.410 e.